The van der Waals surface area contributed by atoms with Gasteiger partial charge in [-0.05, 0) is 37.1 Å². The molecule has 0 bridgehead atoms. The summed E-state index contributed by atoms with van der Waals surface area (Å²) in [6.07, 6.45) is 2.02. The maximum absolute atomic E-state index is 12.0. The summed E-state index contributed by atoms with van der Waals surface area (Å²) >= 11 is 6.05. The summed E-state index contributed by atoms with van der Waals surface area (Å²) < 4.78 is 5.09. The van der Waals surface area contributed by atoms with E-state index in [1.165, 1.54) is 0 Å². The molecule has 1 fully saturated rings. The maximum Gasteiger partial charge on any atom is 0.224 e. The van der Waals surface area contributed by atoms with Gasteiger partial charge in [-0.25, -0.2) is 0 Å². The van der Waals surface area contributed by atoms with Crippen molar-refractivity contribution in [2.75, 3.05) is 20.2 Å². The molecule has 1 aliphatic heterocycles. The SMILES string of the molecule is COc1ccc(CNC(=O)C2CCCNC2)cc1Cl. The van der Waals surface area contributed by atoms with Crippen LogP contribution in [0.4, 0.5) is 0 Å². The molecule has 0 saturated carbocycles. The molecule has 2 N–H and O–H groups in total. The molecule has 1 aliphatic rings. The summed E-state index contributed by atoms with van der Waals surface area (Å²) in [7, 11) is 1.58. The minimum Gasteiger partial charge on any atom is -0.495 e. The van der Waals surface area contributed by atoms with Crippen LogP contribution in [0, 0.1) is 5.92 Å². The van der Waals surface area contributed by atoms with Crippen LogP contribution < -0.4 is 15.4 Å². The maximum atomic E-state index is 12.0. The number of carbonyl (C=O) groups excluding carboxylic acids is 1. The van der Waals surface area contributed by atoms with Crippen molar-refractivity contribution in [3.8, 4) is 5.75 Å². The van der Waals surface area contributed by atoms with Gasteiger partial charge >= 0.3 is 0 Å². The minimum atomic E-state index is 0.0856. The van der Waals surface area contributed by atoms with E-state index < -0.39 is 0 Å². The molecule has 104 valence electrons. The second kappa shape index (κ2) is 6.78. The fourth-order valence-electron chi connectivity index (χ4n) is 2.23. The number of halogens is 1. The van der Waals surface area contributed by atoms with E-state index in [9.17, 15) is 4.79 Å². The fourth-order valence-corrected chi connectivity index (χ4v) is 2.51. The molecule has 0 aromatic heterocycles. The van der Waals surface area contributed by atoms with E-state index in [-0.39, 0.29) is 11.8 Å². The Morgan fingerprint density at radius 2 is 2.42 bits per heavy atom. The van der Waals surface area contributed by atoms with Gasteiger partial charge in [-0.3, -0.25) is 4.79 Å². The minimum absolute atomic E-state index is 0.0856. The highest BCUT2D eigenvalue weighted by molar-refractivity contribution is 6.32. The van der Waals surface area contributed by atoms with E-state index in [2.05, 4.69) is 10.6 Å². The van der Waals surface area contributed by atoms with Gasteiger partial charge in [-0.2, -0.15) is 0 Å². The molecule has 0 spiro atoms. The van der Waals surface area contributed by atoms with Crippen molar-refractivity contribution >= 4 is 17.5 Å². The zero-order valence-electron chi connectivity index (χ0n) is 11.0. The lowest BCUT2D eigenvalue weighted by atomic mass is 9.99. The molecule has 1 aromatic carbocycles. The average Bonchev–Trinajstić information content (AvgIpc) is 2.46. The monoisotopic (exact) mass is 282 g/mol. The highest BCUT2D eigenvalue weighted by Crippen LogP contribution is 2.24. The molecule has 2 rings (SSSR count). The highest BCUT2D eigenvalue weighted by atomic mass is 35.5. The Labute approximate surface area is 118 Å². The Morgan fingerprint density at radius 3 is 3.05 bits per heavy atom. The van der Waals surface area contributed by atoms with E-state index in [0.29, 0.717) is 17.3 Å². The molecule has 1 saturated heterocycles. The molecule has 5 heteroatoms. The zero-order chi connectivity index (χ0) is 13.7. The number of amides is 1. The van der Waals surface area contributed by atoms with Crippen LogP contribution in [0.2, 0.25) is 5.02 Å². The van der Waals surface area contributed by atoms with Crippen molar-refractivity contribution in [2.24, 2.45) is 5.92 Å². The fraction of sp³-hybridized carbons (Fsp3) is 0.500. The molecule has 0 radical (unpaired) electrons. The van der Waals surface area contributed by atoms with Crippen LogP contribution >= 0.6 is 11.6 Å². The Bertz CT molecular complexity index is 445. The van der Waals surface area contributed by atoms with Crippen molar-refractivity contribution in [2.45, 2.75) is 19.4 Å². The van der Waals surface area contributed by atoms with Crippen LogP contribution in [0.1, 0.15) is 18.4 Å². The van der Waals surface area contributed by atoms with Gasteiger partial charge in [-0.1, -0.05) is 17.7 Å². The molecule has 1 aromatic rings. The van der Waals surface area contributed by atoms with Crippen molar-refractivity contribution in [1.82, 2.24) is 10.6 Å². The lowest BCUT2D eigenvalue weighted by Gasteiger charge is -2.21. The number of ether oxygens (including phenoxy) is 1. The highest BCUT2D eigenvalue weighted by Gasteiger charge is 2.20. The van der Waals surface area contributed by atoms with Crippen molar-refractivity contribution in [3.05, 3.63) is 28.8 Å². The van der Waals surface area contributed by atoms with Crippen LogP contribution in [0.25, 0.3) is 0 Å². The van der Waals surface area contributed by atoms with Gasteiger partial charge in [0.05, 0.1) is 18.1 Å². The lowest BCUT2D eigenvalue weighted by Crippen LogP contribution is -2.40. The summed E-state index contributed by atoms with van der Waals surface area (Å²) in [6.45, 7) is 2.28. The second-order valence-electron chi connectivity index (χ2n) is 4.73. The molecule has 1 atom stereocenters. The third-order valence-corrected chi connectivity index (χ3v) is 3.65. The Hall–Kier alpha value is -1.26. The number of carbonyl (C=O) groups is 1. The average molecular weight is 283 g/mol. The molecular weight excluding hydrogens is 264 g/mol. The summed E-state index contributed by atoms with van der Waals surface area (Å²) in [6, 6.07) is 5.54. The van der Waals surface area contributed by atoms with E-state index in [1.807, 2.05) is 18.2 Å². The Balaban J connectivity index is 1.87. The smallest absolute Gasteiger partial charge is 0.224 e. The van der Waals surface area contributed by atoms with Crippen molar-refractivity contribution < 1.29 is 9.53 Å². The van der Waals surface area contributed by atoms with Gasteiger partial charge in [0.1, 0.15) is 5.75 Å². The molecular formula is C14H19ClN2O2. The van der Waals surface area contributed by atoms with Crippen molar-refractivity contribution in [3.63, 3.8) is 0 Å². The summed E-state index contributed by atoms with van der Waals surface area (Å²) in [4.78, 5) is 12.0. The number of nitrogens with one attached hydrogen (secondary N) is 2. The Kier molecular flexibility index (Phi) is 5.05. The van der Waals surface area contributed by atoms with E-state index >= 15 is 0 Å². The quantitative estimate of drug-likeness (QED) is 0.888. The molecule has 1 heterocycles. The van der Waals surface area contributed by atoms with Gasteiger partial charge in [-0.15, -0.1) is 0 Å². The number of hydrogen-bond donors (Lipinski definition) is 2. The first-order valence-electron chi connectivity index (χ1n) is 6.51. The normalized spacial score (nSPS) is 18.9. The van der Waals surface area contributed by atoms with Gasteiger partial charge in [0, 0.05) is 13.1 Å². The van der Waals surface area contributed by atoms with Gasteiger partial charge < -0.3 is 15.4 Å². The standard InChI is InChI=1S/C14H19ClN2O2/c1-19-13-5-4-10(7-12(13)15)8-17-14(18)11-3-2-6-16-9-11/h4-5,7,11,16H,2-3,6,8-9H2,1H3,(H,17,18). The van der Waals surface area contributed by atoms with E-state index in [1.54, 1.807) is 7.11 Å². The number of rotatable bonds is 4. The predicted molar refractivity (Wildman–Crippen MR) is 75.4 cm³/mol. The van der Waals surface area contributed by atoms with E-state index in [0.717, 1.165) is 31.5 Å². The van der Waals surface area contributed by atoms with Crippen LogP contribution in [0.15, 0.2) is 18.2 Å². The molecule has 1 unspecified atom stereocenters. The summed E-state index contributed by atoms with van der Waals surface area (Å²) in [5.41, 5.74) is 0.975. The molecule has 1 amide bonds. The number of methoxy groups -OCH3 is 1. The van der Waals surface area contributed by atoms with Crippen molar-refractivity contribution in [1.29, 1.82) is 0 Å². The topological polar surface area (TPSA) is 50.4 Å². The Morgan fingerprint density at radius 1 is 1.58 bits per heavy atom. The number of piperidine rings is 1. The number of hydrogen-bond acceptors (Lipinski definition) is 3. The predicted octanol–water partition coefficient (Wildman–Crippen LogP) is 1.96. The molecule has 19 heavy (non-hydrogen) atoms. The zero-order valence-corrected chi connectivity index (χ0v) is 11.8. The van der Waals surface area contributed by atoms with Crippen LogP contribution in [-0.4, -0.2) is 26.1 Å². The van der Waals surface area contributed by atoms with Crippen LogP contribution in [0.5, 0.6) is 5.75 Å². The molecule has 0 aliphatic carbocycles. The first-order chi connectivity index (χ1) is 9.20. The van der Waals surface area contributed by atoms with Gasteiger partial charge in [0.15, 0.2) is 0 Å². The largest absolute Gasteiger partial charge is 0.495 e. The van der Waals surface area contributed by atoms with Crippen LogP contribution in [0.3, 0.4) is 0 Å². The van der Waals surface area contributed by atoms with E-state index in [4.69, 9.17) is 16.3 Å². The third-order valence-electron chi connectivity index (χ3n) is 3.35. The van der Waals surface area contributed by atoms with Gasteiger partial charge in [0.25, 0.3) is 0 Å². The number of benzene rings is 1. The van der Waals surface area contributed by atoms with Crippen LogP contribution in [-0.2, 0) is 11.3 Å². The third kappa shape index (κ3) is 3.85. The second-order valence-corrected chi connectivity index (χ2v) is 5.14. The summed E-state index contributed by atoms with van der Waals surface area (Å²) in [5.74, 6) is 0.842. The first kappa shape index (κ1) is 14.2. The first-order valence-corrected chi connectivity index (χ1v) is 6.89. The van der Waals surface area contributed by atoms with Gasteiger partial charge in [0.2, 0.25) is 5.91 Å². The lowest BCUT2D eigenvalue weighted by molar-refractivity contribution is -0.125. The summed E-state index contributed by atoms with van der Waals surface area (Å²) in [5, 5.41) is 6.76. The molecule has 4 nitrogen and oxygen atoms in total.